The number of rotatable bonds is 8. The van der Waals surface area contributed by atoms with Crippen LogP contribution in [0.3, 0.4) is 0 Å². The van der Waals surface area contributed by atoms with E-state index in [2.05, 4.69) is 17.0 Å². The molecule has 0 radical (unpaired) electrons. The number of Topliss-reactive ketones (excluding diaryl/α,β-unsaturated/α-hetero) is 1. The van der Waals surface area contributed by atoms with Gasteiger partial charge in [0.25, 0.3) is 0 Å². The van der Waals surface area contributed by atoms with Crippen molar-refractivity contribution in [2.45, 2.75) is 69.8 Å². The minimum absolute atomic E-state index is 0.0522. The van der Waals surface area contributed by atoms with Crippen LogP contribution in [0.25, 0.3) is 0 Å². The minimum Gasteiger partial charge on any atom is -0.427 e. The minimum atomic E-state index is -1.28. The smallest absolute Gasteiger partial charge is 0.427 e. The molecule has 7 heteroatoms. The highest BCUT2D eigenvalue weighted by molar-refractivity contribution is 6.40. The summed E-state index contributed by atoms with van der Waals surface area (Å²) in [5.41, 5.74) is 8.58. The number of fused-ring (bicyclic) bond motifs is 1. The number of unbranched alkanes of at least 4 members (excludes halogenated alkanes) is 1. The van der Waals surface area contributed by atoms with E-state index in [9.17, 15) is 4.79 Å². The first-order valence-electron chi connectivity index (χ1n) is 10.5. The zero-order valence-corrected chi connectivity index (χ0v) is 17.5. The van der Waals surface area contributed by atoms with Crippen molar-refractivity contribution in [1.29, 1.82) is 0 Å². The molecule has 1 aliphatic heterocycles. The van der Waals surface area contributed by atoms with Gasteiger partial charge in [0.2, 0.25) is 0 Å². The van der Waals surface area contributed by atoms with Crippen molar-refractivity contribution in [1.82, 2.24) is 4.90 Å². The van der Waals surface area contributed by atoms with Crippen LogP contribution >= 0.6 is 11.6 Å². The van der Waals surface area contributed by atoms with Gasteiger partial charge in [0.1, 0.15) is 5.78 Å². The summed E-state index contributed by atoms with van der Waals surface area (Å²) in [6, 6.07) is 6.69. The Morgan fingerprint density at radius 3 is 2.64 bits per heavy atom. The lowest BCUT2D eigenvalue weighted by atomic mass is 9.72. The first kappa shape index (κ1) is 21.8. The molecule has 1 heterocycles. The van der Waals surface area contributed by atoms with Crippen LogP contribution in [-0.2, 0) is 11.2 Å². The molecule has 2 aliphatic rings. The highest BCUT2D eigenvalue weighted by atomic mass is 35.5. The van der Waals surface area contributed by atoms with Crippen LogP contribution < -0.4 is 5.73 Å². The lowest BCUT2D eigenvalue weighted by molar-refractivity contribution is -0.125. The monoisotopic (exact) mass is 406 g/mol. The molecule has 1 saturated heterocycles. The van der Waals surface area contributed by atoms with Gasteiger partial charge in [0.15, 0.2) is 0 Å². The molecule has 0 bridgehead atoms. The zero-order chi connectivity index (χ0) is 20.3. The van der Waals surface area contributed by atoms with E-state index >= 15 is 0 Å². The lowest BCUT2D eigenvalue weighted by Crippen LogP contribution is -2.56. The van der Waals surface area contributed by atoms with E-state index in [1.165, 1.54) is 11.1 Å². The predicted octanol–water partition coefficient (Wildman–Crippen LogP) is 2.97. The number of hydrogen-bond donors (Lipinski definition) is 3. The van der Waals surface area contributed by atoms with E-state index in [0.717, 1.165) is 50.2 Å². The van der Waals surface area contributed by atoms with Crippen molar-refractivity contribution in [2.75, 3.05) is 13.1 Å². The predicted molar refractivity (Wildman–Crippen MR) is 113 cm³/mol. The van der Waals surface area contributed by atoms with Crippen LogP contribution in [0.1, 0.15) is 62.6 Å². The number of carbonyl (C=O) groups excluding carboxylic acids is 1. The highest BCUT2D eigenvalue weighted by Gasteiger charge is 2.41. The summed E-state index contributed by atoms with van der Waals surface area (Å²) >= 11 is 6.14. The van der Waals surface area contributed by atoms with E-state index in [4.69, 9.17) is 27.4 Å². The number of halogens is 1. The Morgan fingerprint density at radius 1 is 1.29 bits per heavy atom. The second kappa shape index (κ2) is 9.27. The molecule has 0 amide bonds. The summed E-state index contributed by atoms with van der Waals surface area (Å²) in [6.45, 7) is 3.52. The summed E-state index contributed by atoms with van der Waals surface area (Å²) in [7, 11) is -1.28. The second-order valence-corrected chi connectivity index (χ2v) is 8.97. The molecule has 0 spiro atoms. The van der Waals surface area contributed by atoms with Crippen molar-refractivity contribution in [3.63, 3.8) is 0 Å². The molecular weight excluding hydrogens is 375 g/mol. The zero-order valence-electron chi connectivity index (χ0n) is 16.7. The standard InChI is InChI=1S/C21H32BClN2O3/c1-15(26)21(24,10-2-3-11-22(27)28)17-8-12-25(13-9-17)20-7-4-16-14-18(23)5-6-19(16)20/h5-6,14,17,20,27-28H,2-4,7-13,24H2,1H3/t20?,21-/m0/s1. The molecule has 1 aromatic rings. The fourth-order valence-electron chi connectivity index (χ4n) is 5.08. The van der Waals surface area contributed by atoms with Gasteiger partial charge in [0, 0.05) is 11.1 Å². The average Bonchev–Trinajstić information content (AvgIpc) is 3.07. The van der Waals surface area contributed by atoms with Gasteiger partial charge in [-0.15, -0.1) is 0 Å². The van der Waals surface area contributed by atoms with Crippen molar-refractivity contribution in [3.05, 3.63) is 34.3 Å². The topological polar surface area (TPSA) is 86.8 Å². The van der Waals surface area contributed by atoms with E-state index in [-0.39, 0.29) is 11.7 Å². The van der Waals surface area contributed by atoms with E-state index in [0.29, 0.717) is 25.2 Å². The summed E-state index contributed by atoms with van der Waals surface area (Å²) < 4.78 is 0. The summed E-state index contributed by atoms with van der Waals surface area (Å²) in [5.74, 6) is 0.239. The number of ketones is 1. The Balaban J connectivity index is 1.58. The van der Waals surface area contributed by atoms with Gasteiger partial charge in [-0.05, 0) is 87.6 Å². The summed E-state index contributed by atoms with van der Waals surface area (Å²) in [4.78, 5) is 14.9. The molecular formula is C21H32BClN2O3. The van der Waals surface area contributed by atoms with Crippen LogP contribution in [0.15, 0.2) is 18.2 Å². The first-order valence-corrected chi connectivity index (χ1v) is 10.9. The largest absolute Gasteiger partial charge is 0.451 e. The van der Waals surface area contributed by atoms with Crippen molar-refractivity contribution >= 4 is 24.5 Å². The number of benzene rings is 1. The number of piperidine rings is 1. The molecule has 1 fully saturated rings. The number of hydrogen-bond acceptors (Lipinski definition) is 5. The molecule has 1 unspecified atom stereocenters. The number of nitrogens with two attached hydrogens (primary N) is 1. The van der Waals surface area contributed by atoms with Crippen LogP contribution in [0.5, 0.6) is 0 Å². The Kier molecular flexibility index (Phi) is 7.21. The van der Waals surface area contributed by atoms with Crippen molar-refractivity contribution in [2.24, 2.45) is 11.7 Å². The Morgan fingerprint density at radius 2 is 2.00 bits per heavy atom. The van der Waals surface area contributed by atoms with E-state index < -0.39 is 12.7 Å². The molecule has 4 N–H and O–H groups in total. The van der Waals surface area contributed by atoms with Gasteiger partial charge in [-0.3, -0.25) is 9.69 Å². The molecule has 5 nitrogen and oxygen atoms in total. The van der Waals surface area contributed by atoms with Gasteiger partial charge < -0.3 is 15.8 Å². The Hall–Kier alpha value is -0.915. The molecule has 1 aromatic carbocycles. The fraction of sp³-hybridized carbons (Fsp3) is 0.667. The molecule has 1 aliphatic carbocycles. The van der Waals surface area contributed by atoms with Gasteiger partial charge >= 0.3 is 7.12 Å². The van der Waals surface area contributed by atoms with Gasteiger partial charge in [0.05, 0.1) is 5.54 Å². The summed E-state index contributed by atoms with van der Waals surface area (Å²) in [5, 5.41) is 18.8. The van der Waals surface area contributed by atoms with Crippen LogP contribution in [0, 0.1) is 5.92 Å². The molecule has 3 rings (SSSR count). The molecule has 28 heavy (non-hydrogen) atoms. The van der Waals surface area contributed by atoms with Crippen molar-refractivity contribution in [3.8, 4) is 0 Å². The lowest BCUT2D eigenvalue weighted by Gasteiger charge is -2.43. The maximum atomic E-state index is 12.4. The third kappa shape index (κ3) is 4.80. The van der Waals surface area contributed by atoms with Gasteiger partial charge in [-0.25, -0.2) is 0 Å². The number of carbonyl (C=O) groups is 1. The third-order valence-corrected chi connectivity index (χ3v) is 7.04. The van der Waals surface area contributed by atoms with E-state index in [1.807, 2.05) is 6.07 Å². The van der Waals surface area contributed by atoms with Gasteiger partial charge in [-0.1, -0.05) is 30.5 Å². The quantitative estimate of drug-likeness (QED) is 0.456. The summed E-state index contributed by atoms with van der Waals surface area (Å²) in [6.07, 6.45) is 6.42. The number of aryl methyl sites for hydroxylation is 1. The van der Waals surface area contributed by atoms with Gasteiger partial charge in [-0.2, -0.15) is 0 Å². The number of likely N-dealkylation sites (tertiary alicyclic amines) is 1. The molecule has 2 atom stereocenters. The van der Waals surface area contributed by atoms with Crippen LogP contribution in [0.2, 0.25) is 11.3 Å². The second-order valence-electron chi connectivity index (χ2n) is 8.53. The number of nitrogens with zero attached hydrogens (tertiary/aromatic N) is 1. The first-order chi connectivity index (χ1) is 13.3. The Labute approximate surface area is 173 Å². The maximum absolute atomic E-state index is 12.4. The highest BCUT2D eigenvalue weighted by Crippen LogP contribution is 2.40. The molecule has 154 valence electrons. The fourth-order valence-corrected chi connectivity index (χ4v) is 5.28. The maximum Gasteiger partial charge on any atom is 0.451 e. The molecule has 0 aromatic heterocycles. The third-order valence-electron chi connectivity index (χ3n) is 6.81. The van der Waals surface area contributed by atoms with Crippen LogP contribution in [0.4, 0.5) is 0 Å². The van der Waals surface area contributed by atoms with Crippen LogP contribution in [-0.4, -0.2) is 46.5 Å². The SMILES string of the molecule is CC(=O)[C@@](N)(CCCCB(O)O)C1CCN(C2CCc3cc(Cl)ccc32)CC1. The Bertz CT molecular complexity index is 694. The van der Waals surface area contributed by atoms with E-state index in [1.54, 1.807) is 6.92 Å². The average molecular weight is 407 g/mol. The van der Waals surface area contributed by atoms with Crippen molar-refractivity contribution < 1.29 is 14.8 Å². The molecule has 0 saturated carbocycles. The normalized spacial score (nSPS) is 22.7.